The second kappa shape index (κ2) is 8.29. The number of carbonyl (C=O) groups is 2. The van der Waals surface area contributed by atoms with Crippen molar-refractivity contribution in [1.29, 1.82) is 0 Å². The van der Waals surface area contributed by atoms with Crippen LogP contribution < -0.4 is 5.69 Å². The lowest BCUT2D eigenvalue weighted by molar-refractivity contribution is -0.135. The fourth-order valence-corrected chi connectivity index (χ4v) is 3.61. The van der Waals surface area contributed by atoms with Crippen LogP contribution in [-0.2, 0) is 22.6 Å². The van der Waals surface area contributed by atoms with E-state index in [4.69, 9.17) is 0 Å². The smallest absolute Gasteiger partial charge is 0.340 e. The van der Waals surface area contributed by atoms with Gasteiger partial charge in [-0.15, -0.1) is 0 Å². The molecule has 0 saturated carbocycles. The summed E-state index contributed by atoms with van der Waals surface area (Å²) in [6.45, 7) is 4.58. The molecule has 1 amide bonds. The lowest BCUT2D eigenvalue weighted by Crippen LogP contribution is -2.45. The van der Waals surface area contributed by atoms with Crippen LogP contribution in [0.2, 0.25) is 0 Å². The molecule has 142 valence electrons. The number of nitrogens with zero attached hydrogens (tertiary/aromatic N) is 3. The molecule has 0 unspecified atom stereocenters. The van der Waals surface area contributed by atoms with Crippen molar-refractivity contribution in [1.82, 2.24) is 14.5 Å². The molecule has 0 aliphatic carbocycles. The summed E-state index contributed by atoms with van der Waals surface area (Å²) in [7, 11) is 0. The first-order valence-electron chi connectivity index (χ1n) is 9.33. The van der Waals surface area contributed by atoms with Crippen LogP contribution in [0.15, 0.2) is 41.2 Å². The van der Waals surface area contributed by atoms with Crippen LogP contribution in [0.4, 0.5) is 0 Å². The predicted molar refractivity (Wildman–Crippen MR) is 102 cm³/mol. The number of aromatic nitrogens is 2. The quantitative estimate of drug-likeness (QED) is 0.809. The fourth-order valence-electron chi connectivity index (χ4n) is 3.61. The summed E-state index contributed by atoms with van der Waals surface area (Å²) in [4.78, 5) is 43.0. The Morgan fingerprint density at radius 1 is 1.19 bits per heavy atom. The number of piperidine rings is 1. The van der Waals surface area contributed by atoms with Crippen molar-refractivity contribution in [2.45, 2.75) is 39.7 Å². The highest BCUT2D eigenvalue weighted by atomic mass is 16.2. The third kappa shape index (κ3) is 4.70. The van der Waals surface area contributed by atoms with Gasteiger partial charge in [-0.25, -0.2) is 4.79 Å². The lowest BCUT2D eigenvalue weighted by atomic mass is 9.90. The molecule has 1 aromatic heterocycles. The first kappa shape index (κ1) is 19.0. The van der Waals surface area contributed by atoms with Gasteiger partial charge in [-0.1, -0.05) is 30.3 Å². The highest BCUT2D eigenvalue weighted by molar-refractivity contribution is 5.84. The van der Waals surface area contributed by atoms with Crippen LogP contribution in [0, 0.1) is 19.8 Å². The maximum atomic E-state index is 12.7. The SMILES string of the molecule is Cc1cc(C)n(CC(=O)N2CCC[C@H](C(=O)Cc3ccccc3)C2)c(=O)n1. The minimum Gasteiger partial charge on any atom is -0.340 e. The molecule has 1 aliphatic heterocycles. The molecule has 1 atom stereocenters. The number of amides is 1. The van der Waals surface area contributed by atoms with Gasteiger partial charge in [0.05, 0.1) is 0 Å². The summed E-state index contributed by atoms with van der Waals surface area (Å²) in [6, 6.07) is 11.5. The molecule has 0 bridgehead atoms. The minimum atomic E-state index is -0.408. The van der Waals surface area contributed by atoms with Gasteiger partial charge in [0, 0.05) is 36.8 Å². The number of hydrogen-bond acceptors (Lipinski definition) is 4. The Kier molecular flexibility index (Phi) is 5.84. The van der Waals surface area contributed by atoms with E-state index < -0.39 is 5.69 Å². The average Bonchev–Trinajstić information content (AvgIpc) is 2.65. The summed E-state index contributed by atoms with van der Waals surface area (Å²) < 4.78 is 1.39. The van der Waals surface area contributed by atoms with Crippen molar-refractivity contribution in [2.24, 2.45) is 5.92 Å². The van der Waals surface area contributed by atoms with Gasteiger partial charge in [-0.05, 0) is 38.3 Å². The highest BCUT2D eigenvalue weighted by Crippen LogP contribution is 2.19. The zero-order valence-corrected chi connectivity index (χ0v) is 15.9. The predicted octanol–water partition coefficient (Wildman–Crippen LogP) is 1.91. The van der Waals surface area contributed by atoms with Crippen molar-refractivity contribution in [3.05, 3.63) is 63.8 Å². The maximum Gasteiger partial charge on any atom is 0.348 e. The average molecular weight is 367 g/mol. The Morgan fingerprint density at radius 2 is 1.93 bits per heavy atom. The second-order valence-electron chi connectivity index (χ2n) is 7.22. The first-order valence-corrected chi connectivity index (χ1v) is 9.33. The molecule has 2 heterocycles. The van der Waals surface area contributed by atoms with Gasteiger partial charge in [0.15, 0.2) is 0 Å². The van der Waals surface area contributed by atoms with Gasteiger partial charge < -0.3 is 4.90 Å². The topological polar surface area (TPSA) is 72.3 Å². The summed E-state index contributed by atoms with van der Waals surface area (Å²) in [5, 5.41) is 0. The summed E-state index contributed by atoms with van der Waals surface area (Å²) >= 11 is 0. The molecule has 1 saturated heterocycles. The molecule has 6 nitrogen and oxygen atoms in total. The van der Waals surface area contributed by atoms with Gasteiger partial charge in [0.25, 0.3) is 0 Å². The molecule has 3 rings (SSSR count). The summed E-state index contributed by atoms with van der Waals surface area (Å²) in [5.41, 5.74) is 1.95. The first-order chi connectivity index (χ1) is 12.9. The number of rotatable bonds is 5. The van der Waals surface area contributed by atoms with E-state index in [1.807, 2.05) is 30.3 Å². The molecule has 1 aliphatic rings. The lowest BCUT2D eigenvalue weighted by Gasteiger charge is -2.32. The van der Waals surface area contributed by atoms with Crippen molar-refractivity contribution in [2.75, 3.05) is 13.1 Å². The molecule has 6 heteroatoms. The Hall–Kier alpha value is -2.76. The molecular formula is C21H25N3O3. The Balaban J connectivity index is 1.64. The van der Waals surface area contributed by atoms with E-state index >= 15 is 0 Å². The van der Waals surface area contributed by atoms with E-state index in [0.717, 1.165) is 24.1 Å². The Bertz CT molecular complexity index is 889. The van der Waals surface area contributed by atoms with E-state index in [-0.39, 0.29) is 24.2 Å². The number of likely N-dealkylation sites (tertiary alicyclic amines) is 1. The van der Waals surface area contributed by atoms with Crippen LogP contribution in [0.25, 0.3) is 0 Å². The summed E-state index contributed by atoms with van der Waals surface area (Å²) in [6.07, 6.45) is 2.01. The number of benzene rings is 1. The number of Topliss-reactive ketones (excluding diaryl/α,β-unsaturated/α-hetero) is 1. The molecule has 2 aromatic rings. The molecular weight excluding hydrogens is 342 g/mol. The molecule has 0 spiro atoms. The number of hydrogen-bond donors (Lipinski definition) is 0. The second-order valence-corrected chi connectivity index (χ2v) is 7.22. The number of ketones is 1. The third-order valence-corrected chi connectivity index (χ3v) is 5.09. The van der Waals surface area contributed by atoms with Crippen LogP contribution in [-0.4, -0.2) is 39.2 Å². The van der Waals surface area contributed by atoms with E-state index in [1.54, 1.807) is 24.8 Å². The number of aryl methyl sites for hydroxylation is 2. The summed E-state index contributed by atoms with van der Waals surface area (Å²) in [5.74, 6) is -0.107. The molecule has 1 fully saturated rings. The van der Waals surface area contributed by atoms with Gasteiger partial charge in [0.1, 0.15) is 12.3 Å². The monoisotopic (exact) mass is 367 g/mol. The van der Waals surface area contributed by atoms with Crippen LogP contribution in [0.3, 0.4) is 0 Å². The zero-order chi connectivity index (χ0) is 19.4. The standard InChI is InChI=1S/C21H25N3O3/c1-15-11-16(2)24(21(27)22-15)14-20(26)23-10-6-9-18(13-23)19(25)12-17-7-4-3-5-8-17/h3-5,7-8,11,18H,6,9-10,12-14H2,1-2H3/t18-/m0/s1. The number of carbonyl (C=O) groups excluding carboxylic acids is 2. The van der Waals surface area contributed by atoms with Crippen LogP contribution in [0.1, 0.15) is 29.8 Å². The molecule has 0 radical (unpaired) electrons. The Labute approximate surface area is 158 Å². The maximum absolute atomic E-state index is 12.7. The van der Waals surface area contributed by atoms with Crippen LogP contribution in [0.5, 0.6) is 0 Å². The molecule has 27 heavy (non-hydrogen) atoms. The van der Waals surface area contributed by atoms with Gasteiger partial charge in [-0.3, -0.25) is 14.2 Å². The molecule has 0 N–H and O–H groups in total. The van der Waals surface area contributed by atoms with Crippen molar-refractivity contribution in [3.63, 3.8) is 0 Å². The van der Waals surface area contributed by atoms with Gasteiger partial charge in [-0.2, -0.15) is 4.98 Å². The van der Waals surface area contributed by atoms with Crippen molar-refractivity contribution < 1.29 is 9.59 Å². The van der Waals surface area contributed by atoms with E-state index in [1.165, 1.54) is 4.57 Å². The highest BCUT2D eigenvalue weighted by Gasteiger charge is 2.28. The van der Waals surface area contributed by atoms with Crippen molar-refractivity contribution in [3.8, 4) is 0 Å². The normalized spacial score (nSPS) is 17.0. The zero-order valence-electron chi connectivity index (χ0n) is 15.9. The van der Waals surface area contributed by atoms with Gasteiger partial charge >= 0.3 is 5.69 Å². The van der Waals surface area contributed by atoms with E-state index in [9.17, 15) is 14.4 Å². The third-order valence-electron chi connectivity index (χ3n) is 5.09. The largest absolute Gasteiger partial charge is 0.348 e. The fraction of sp³-hybridized carbons (Fsp3) is 0.429. The van der Waals surface area contributed by atoms with Crippen LogP contribution >= 0.6 is 0 Å². The van der Waals surface area contributed by atoms with Crippen molar-refractivity contribution >= 4 is 11.7 Å². The van der Waals surface area contributed by atoms with E-state index in [2.05, 4.69) is 4.98 Å². The Morgan fingerprint density at radius 3 is 2.63 bits per heavy atom. The van der Waals surface area contributed by atoms with Gasteiger partial charge in [0.2, 0.25) is 5.91 Å². The van der Waals surface area contributed by atoms with E-state index in [0.29, 0.717) is 25.2 Å². The minimum absolute atomic E-state index is 0.0302. The molecule has 1 aromatic carbocycles.